The third-order valence-corrected chi connectivity index (χ3v) is 5.56. The van der Waals surface area contributed by atoms with Gasteiger partial charge in [-0.1, -0.05) is 42.5 Å². The van der Waals surface area contributed by atoms with Crippen molar-refractivity contribution in [2.45, 2.75) is 6.92 Å². The van der Waals surface area contributed by atoms with Crippen LogP contribution < -0.4 is 5.32 Å². The number of aryl methyl sites for hydroxylation is 1. The van der Waals surface area contributed by atoms with Crippen LogP contribution in [0.1, 0.15) is 5.82 Å². The summed E-state index contributed by atoms with van der Waals surface area (Å²) in [6.07, 6.45) is 7.33. The average Bonchev–Trinajstić information content (AvgIpc) is 3.30. The molecule has 0 bridgehead atoms. The first-order valence-electron chi connectivity index (χ1n) is 10.6. The number of benzene rings is 3. The Hall–Kier alpha value is -4.65. The number of anilines is 2. The van der Waals surface area contributed by atoms with Crippen LogP contribution in [-0.4, -0.2) is 29.7 Å². The lowest BCUT2D eigenvalue weighted by atomic mass is 9.99. The predicted molar refractivity (Wildman–Crippen MR) is 130 cm³/mol. The van der Waals surface area contributed by atoms with Gasteiger partial charge in [-0.05, 0) is 36.6 Å². The van der Waals surface area contributed by atoms with Crippen molar-refractivity contribution in [3.05, 3.63) is 97.5 Å². The van der Waals surface area contributed by atoms with Crippen molar-refractivity contribution in [3.8, 4) is 16.8 Å². The SMILES string of the molecule is Cc1ncn(-c2ccc(Nc3ncc4cccc(-c5cncc6ccccc56)c4n3)cc2)n1. The van der Waals surface area contributed by atoms with Gasteiger partial charge in [0.1, 0.15) is 12.2 Å². The van der Waals surface area contributed by atoms with Gasteiger partial charge in [-0.25, -0.2) is 19.6 Å². The molecule has 0 fully saturated rings. The summed E-state index contributed by atoms with van der Waals surface area (Å²) in [5, 5.41) is 10.9. The second-order valence-electron chi connectivity index (χ2n) is 7.75. The molecule has 0 unspecified atom stereocenters. The lowest BCUT2D eigenvalue weighted by Crippen LogP contribution is -1.99. The highest BCUT2D eigenvalue weighted by molar-refractivity contribution is 6.03. The molecule has 0 aliphatic heterocycles. The highest BCUT2D eigenvalue weighted by Gasteiger charge is 2.11. The van der Waals surface area contributed by atoms with E-state index >= 15 is 0 Å². The number of aromatic nitrogens is 6. The van der Waals surface area contributed by atoms with Crippen LogP contribution in [0.2, 0.25) is 0 Å². The van der Waals surface area contributed by atoms with E-state index in [1.54, 1.807) is 11.0 Å². The van der Waals surface area contributed by atoms with Crippen molar-refractivity contribution in [2.24, 2.45) is 0 Å². The minimum atomic E-state index is 0.535. The van der Waals surface area contributed by atoms with Crippen LogP contribution in [0.4, 0.5) is 11.6 Å². The molecule has 0 spiro atoms. The smallest absolute Gasteiger partial charge is 0.227 e. The Labute approximate surface area is 189 Å². The normalized spacial score (nSPS) is 11.2. The van der Waals surface area contributed by atoms with E-state index < -0.39 is 0 Å². The van der Waals surface area contributed by atoms with E-state index in [1.807, 2.05) is 74.0 Å². The number of pyridine rings is 1. The minimum Gasteiger partial charge on any atom is -0.324 e. The van der Waals surface area contributed by atoms with Gasteiger partial charge in [-0.3, -0.25) is 4.98 Å². The summed E-state index contributed by atoms with van der Waals surface area (Å²) in [7, 11) is 0. The molecule has 3 aromatic heterocycles. The molecule has 33 heavy (non-hydrogen) atoms. The summed E-state index contributed by atoms with van der Waals surface area (Å²) in [4.78, 5) is 18.0. The zero-order valence-electron chi connectivity index (χ0n) is 17.8. The highest BCUT2D eigenvalue weighted by atomic mass is 15.3. The van der Waals surface area contributed by atoms with E-state index in [4.69, 9.17) is 4.98 Å². The van der Waals surface area contributed by atoms with E-state index in [0.29, 0.717) is 5.95 Å². The molecule has 0 aliphatic carbocycles. The van der Waals surface area contributed by atoms with Crippen molar-refractivity contribution in [2.75, 3.05) is 5.32 Å². The first-order valence-corrected chi connectivity index (χ1v) is 10.6. The number of para-hydroxylation sites is 1. The first kappa shape index (κ1) is 19.1. The van der Waals surface area contributed by atoms with E-state index in [9.17, 15) is 0 Å². The Balaban J connectivity index is 1.38. The van der Waals surface area contributed by atoms with Gasteiger partial charge in [0.25, 0.3) is 0 Å². The maximum Gasteiger partial charge on any atom is 0.227 e. The molecule has 0 aliphatic rings. The molecular formula is C26H19N7. The summed E-state index contributed by atoms with van der Waals surface area (Å²) in [5.74, 6) is 1.27. The third kappa shape index (κ3) is 3.55. The van der Waals surface area contributed by atoms with E-state index in [-0.39, 0.29) is 0 Å². The van der Waals surface area contributed by atoms with Gasteiger partial charge >= 0.3 is 0 Å². The molecule has 7 nitrogen and oxygen atoms in total. The molecule has 0 saturated heterocycles. The van der Waals surface area contributed by atoms with Gasteiger partial charge in [0.2, 0.25) is 5.95 Å². The van der Waals surface area contributed by atoms with Crippen LogP contribution in [0.5, 0.6) is 0 Å². The predicted octanol–water partition coefficient (Wildman–Crippen LogP) is 5.48. The quantitative estimate of drug-likeness (QED) is 0.400. The number of fused-ring (bicyclic) bond motifs is 2. The molecule has 6 aromatic rings. The van der Waals surface area contributed by atoms with Crippen LogP contribution in [-0.2, 0) is 0 Å². The van der Waals surface area contributed by atoms with E-state index in [0.717, 1.165) is 50.0 Å². The van der Waals surface area contributed by atoms with Crippen LogP contribution >= 0.6 is 0 Å². The summed E-state index contributed by atoms with van der Waals surface area (Å²) in [5.41, 5.74) is 4.78. The van der Waals surface area contributed by atoms with Crippen molar-refractivity contribution in [3.63, 3.8) is 0 Å². The Morgan fingerprint density at radius 1 is 0.758 bits per heavy atom. The summed E-state index contributed by atoms with van der Waals surface area (Å²) < 4.78 is 1.75. The average molecular weight is 429 g/mol. The maximum absolute atomic E-state index is 4.86. The van der Waals surface area contributed by atoms with Gasteiger partial charge < -0.3 is 5.32 Å². The fourth-order valence-corrected chi connectivity index (χ4v) is 3.96. The van der Waals surface area contributed by atoms with Crippen LogP contribution in [0.3, 0.4) is 0 Å². The van der Waals surface area contributed by atoms with Gasteiger partial charge in [-0.2, -0.15) is 5.10 Å². The Morgan fingerprint density at radius 3 is 2.45 bits per heavy atom. The summed E-state index contributed by atoms with van der Waals surface area (Å²) >= 11 is 0. The second kappa shape index (κ2) is 7.80. The van der Waals surface area contributed by atoms with Crippen molar-refractivity contribution >= 4 is 33.3 Å². The molecular weight excluding hydrogens is 410 g/mol. The molecule has 6 rings (SSSR count). The standard InChI is InChI=1S/C26H19N7/c1-17-29-16-33(32-17)21-11-9-20(10-12-21)30-26-28-14-19-6-4-8-23(25(19)31-26)24-15-27-13-18-5-2-3-7-22(18)24/h2-16H,1H3,(H,28,30,31). The van der Waals surface area contributed by atoms with Crippen molar-refractivity contribution in [1.29, 1.82) is 0 Å². The molecule has 0 atom stereocenters. The molecule has 3 heterocycles. The lowest BCUT2D eigenvalue weighted by Gasteiger charge is -2.11. The number of rotatable bonds is 4. The minimum absolute atomic E-state index is 0.535. The van der Waals surface area contributed by atoms with Gasteiger partial charge in [0, 0.05) is 46.2 Å². The molecule has 7 heteroatoms. The van der Waals surface area contributed by atoms with E-state index in [2.05, 4.69) is 43.6 Å². The van der Waals surface area contributed by atoms with Gasteiger partial charge in [0.15, 0.2) is 0 Å². The monoisotopic (exact) mass is 429 g/mol. The molecule has 3 aromatic carbocycles. The number of nitrogens with zero attached hydrogens (tertiary/aromatic N) is 6. The Kier molecular flexibility index (Phi) is 4.51. The lowest BCUT2D eigenvalue weighted by molar-refractivity contribution is 0.863. The van der Waals surface area contributed by atoms with Crippen LogP contribution in [0, 0.1) is 6.92 Å². The Morgan fingerprint density at radius 2 is 1.61 bits per heavy atom. The van der Waals surface area contributed by atoms with E-state index in [1.165, 1.54) is 0 Å². The molecule has 0 amide bonds. The summed E-state index contributed by atoms with van der Waals surface area (Å²) in [6.45, 7) is 1.87. The summed E-state index contributed by atoms with van der Waals surface area (Å²) in [6, 6.07) is 22.3. The van der Waals surface area contributed by atoms with Gasteiger partial charge in [0.05, 0.1) is 11.2 Å². The highest BCUT2D eigenvalue weighted by Crippen LogP contribution is 2.32. The molecule has 1 N–H and O–H groups in total. The number of nitrogens with one attached hydrogen (secondary N) is 1. The maximum atomic E-state index is 4.86. The fourth-order valence-electron chi connectivity index (χ4n) is 3.96. The van der Waals surface area contributed by atoms with Crippen molar-refractivity contribution < 1.29 is 0 Å². The first-order chi connectivity index (χ1) is 16.2. The largest absolute Gasteiger partial charge is 0.324 e. The number of hydrogen-bond donors (Lipinski definition) is 1. The Bertz CT molecular complexity index is 1600. The number of hydrogen-bond acceptors (Lipinski definition) is 6. The van der Waals surface area contributed by atoms with Crippen LogP contribution in [0.15, 0.2) is 91.6 Å². The molecule has 0 saturated carbocycles. The molecule has 0 radical (unpaired) electrons. The van der Waals surface area contributed by atoms with Crippen LogP contribution in [0.25, 0.3) is 38.5 Å². The third-order valence-electron chi connectivity index (χ3n) is 5.56. The van der Waals surface area contributed by atoms with Crippen molar-refractivity contribution in [1.82, 2.24) is 29.7 Å². The van der Waals surface area contributed by atoms with Gasteiger partial charge in [-0.15, -0.1) is 0 Å². The fraction of sp³-hybridized carbons (Fsp3) is 0.0385. The second-order valence-corrected chi connectivity index (χ2v) is 7.75. The zero-order valence-corrected chi connectivity index (χ0v) is 17.8. The zero-order chi connectivity index (χ0) is 22.2. The molecule has 158 valence electrons. The topological polar surface area (TPSA) is 81.4 Å².